The first-order valence-electron chi connectivity index (χ1n) is 5.56. The van der Waals surface area contributed by atoms with Gasteiger partial charge in [-0.15, -0.1) is 0 Å². The molecule has 14 heavy (non-hydrogen) atoms. The molecule has 1 rings (SSSR count). The number of carbonyl (C=O) groups is 1. The van der Waals surface area contributed by atoms with Gasteiger partial charge < -0.3 is 4.90 Å². The maximum absolute atomic E-state index is 11.8. The molecule has 2 unspecified atom stereocenters. The van der Waals surface area contributed by atoms with E-state index in [4.69, 9.17) is 0 Å². The lowest BCUT2D eigenvalue weighted by atomic mass is 9.94. The Hall–Kier alpha value is -0.0500. The highest BCUT2D eigenvalue weighted by Crippen LogP contribution is 2.26. The molecule has 3 heteroatoms. The van der Waals surface area contributed by atoms with Crippen molar-refractivity contribution >= 4 is 21.8 Å². The second-order valence-corrected chi connectivity index (χ2v) is 5.21. The largest absolute Gasteiger partial charge is 0.339 e. The summed E-state index contributed by atoms with van der Waals surface area (Å²) in [4.78, 5) is 13.9. The third-order valence-corrected chi connectivity index (χ3v) is 4.25. The van der Waals surface area contributed by atoms with Gasteiger partial charge in [0.05, 0.1) is 4.83 Å². The Bertz CT molecular complexity index is 203. The van der Waals surface area contributed by atoms with Crippen LogP contribution in [0.1, 0.15) is 40.0 Å². The SMILES string of the molecule is CCC(CC)C(C)N1CCC(Br)C1=O. The molecule has 1 heterocycles. The van der Waals surface area contributed by atoms with E-state index in [-0.39, 0.29) is 10.7 Å². The van der Waals surface area contributed by atoms with E-state index in [0.29, 0.717) is 12.0 Å². The fraction of sp³-hybridized carbons (Fsp3) is 0.909. The van der Waals surface area contributed by atoms with Crippen LogP contribution in [0.3, 0.4) is 0 Å². The molecule has 0 aromatic rings. The molecule has 1 amide bonds. The lowest BCUT2D eigenvalue weighted by molar-refractivity contribution is -0.129. The van der Waals surface area contributed by atoms with E-state index in [1.165, 1.54) is 0 Å². The average Bonchev–Trinajstić information content (AvgIpc) is 2.49. The van der Waals surface area contributed by atoms with Gasteiger partial charge in [-0.05, 0) is 19.3 Å². The number of hydrogen-bond donors (Lipinski definition) is 0. The van der Waals surface area contributed by atoms with Crippen LogP contribution in [0.15, 0.2) is 0 Å². The van der Waals surface area contributed by atoms with Gasteiger partial charge in [0, 0.05) is 12.6 Å². The molecule has 0 spiro atoms. The smallest absolute Gasteiger partial charge is 0.236 e. The van der Waals surface area contributed by atoms with Crippen LogP contribution in [-0.4, -0.2) is 28.2 Å². The second kappa shape index (κ2) is 5.15. The molecule has 1 aliphatic rings. The lowest BCUT2D eigenvalue weighted by Gasteiger charge is -2.30. The normalized spacial score (nSPS) is 24.8. The van der Waals surface area contributed by atoms with Crippen LogP contribution in [0.2, 0.25) is 0 Å². The highest BCUT2D eigenvalue weighted by molar-refractivity contribution is 9.10. The zero-order chi connectivity index (χ0) is 10.7. The van der Waals surface area contributed by atoms with Gasteiger partial charge in [0.2, 0.25) is 5.91 Å². The van der Waals surface area contributed by atoms with E-state index >= 15 is 0 Å². The Morgan fingerprint density at radius 1 is 1.50 bits per heavy atom. The fourth-order valence-electron chi connectivity index (χ4n) is 2.30. The predicted octanol–water partition coefficient (Wildman–Crippen LogP) is 2.81. The van der Waals surface area contributed by atoms with Crippen molar-refractivity contribution in [2.24, 2.45) is 5.92 Å². The fourth-order valence-corrected chi connectivity index (χ4v) is 2.76. The molecule has 2 nitrogen and oxygen atoms in total. The summed E-state index contributed by atoms with van der Waals surface area (Å²) in [6.45, 7) is 7.51. The molecule has 2 atom stereocenters. The topological polar surface area (TPSA) is 20.3 Å². The molecule has 0 aromatic carbocycles. The Kier molecular flexibility index (Phi) is 4.42. The number of carbonyl (C=O) groups excluding carboxylic acids is 1. The minimum Gasteiger partial charge on any atom is -0.339 e. The highest BCUT2D eigenvalue weighted by atomic mass is 79.9. The minimum absolute atomic E-state index is 0.0688. The van der Waals surface area contributed by atoms with Gasteiger partial charge in [0.25, 0.3) is 0 Å². The van der Waals surface area contributed by atoms with Crippen LogP contribution >= 0.6 is 15.9 Å². The molecule has 0 N–H and O–H groups in total. The summed E-state index contributed by atoms with van der Waals surface area (Å²) < 4.78 is 0. The van der Waals surface area contributed by atoms with Crippen molar-refractivity contribution in [3.8, 4) is 0 Å². The number of amides is 1. The Morgan fingerprint density at radius 3 is 2.43 bits per heavy atom. The van der Waals surface area contributed by atoms with Crippen molar-refractivity contribution < 1.29 is 4.79 Å². The Morgan fingerprint density at radius 2 is 2.07 bits per heavy atom. The molecule has 0 bridgehead atoms. The number of halogens is 1. The van der Waals surface area contributed by atoms with E-state index in [2.05, 4.69) is 36.7 Å². The summed E-state index contributed by atoms with van der Waals surface area (Å²) >= 11 is 3.41. The molecule has 0 saturated carbocycles. The molecule has 1 fully saturated rings. The Labute approximate surface area is 95.2 Å². The van der Waals surface area contributed by atoms with Gasteiger partial charge in [0.15, 0.2) is 0 Å². The number of likely N-dealkylation sites (tertiary alicyclic amines) is 1. The van der Waals surface area contributed by atoms with Crippen LogP contribution in [-0.2, 0) is 4.79 Å². The van der Waals surface area contributed by atoms with Crippen molar-refractivity contribution in [3.05, 3.63) is 0 Å². The zero-order valence-electron chi connectivity index (χ0n) is 9.29. The summed E-state index contributed by atoms with van der Waals surface area (Å²) in [6.07, 6.45) is 3.28. The van der Waals surface area contributed by atoms with Crippen molar-refractivity contribution in [3.63, 3.8) is 0 Å². The van der Waals surface area contributed by atoms with Gasteiger partial charge in [0.1, 0.15) is 0 Å². The molecule has 0 aliphatic carbocycles. The third kappa shape index (κ3) is 2.30. The minimum atomic E-state index is 0.0688. The molecule has 82 valence electrons. The predicted molar refractivity (Wildman–Crippen MR) is 62.6 cm³/mol. The van der Waals surface area contributed by atoms with Crippen LogP contribution in [0.5, 0.6) is 0 Å². The first kappa shape index (κ1) is 12.0. The summed E-state index contributed by atoms with van der Waals surface area (Å²) in [6, 6.07) is 0.403. The van der Waals surface area contributed by atoms with Crippen LogP contribution < -0.4 is 0 Å². The average molecular weight is 262 g/mol. The number of rotatable bonds is 4. The van der Waals surface area contributed by atoms with E-state index in [1.807, 2.05) is 4.90 Å². The van der Waals surface area contributed by atoms with Crippen LogP contribution in [0, 0.1) is 5.92 Å². The summed E-state index contributed by atoms with van der Waals surface area (Å²) in [7, 11) is 0. The van der Waals surface area contributed by atoms with Crippen molar-refractivity contribution in [1.29, 1.82) is 0 Å². The number of nitrogens with zero attached hydrogens (tertiary/aromatic N) is 1. The summed E-state index contributed by atoms with van der Waals surface area (Å²) in [5.74, 6) is 0.932. The first-order chi connectivity index (χ1) is 6.61. The van der Waals surface area contributed by atoms with Crippen molar-refractivity contribution in [1.82, 2.24) is 4.90 Å². The number of alkyl halides is 1. The molecule has 0 aromatic heterocycles. The molecular formula is C11H20BrNO. The Balaban J connectivity index is 2.60. The summed E-state index contributed by atoms with van der Waals surface area (Å²) in [5, 5.41) is 0. The van der Waals surface area contributed by atoms with E-state index in [9.17, 15) is 4.79 Å². The maximum Gasteiger partial charge on any atom is 0.236 e. The highest BCUT2D eigenvalue weighted by Gasteiger charge is 2.34. The van der Waals surface area contributed by atoms with E-state index < -0.39 is 0 Å². The molecular weight excluding hydrogens is 242 g/mol. The van der Waals surface area contributed by atoms with Gasteiger partial charge in [-0.1, -0.05) is 42.6 Å². The monoisotopic (exact) mass is 261 g/mol. The maximum atomic E-state index is 11.8. The number of hydrogen-bond acceptors (Lipinski definition) is 1. The van der Waals surface area contributed by atoms with Gasteiger partial charge >= 0.3 is 0 Å². The summed E-state index contributed by atoms with van der Waals surface area (Å²) in [5.41, 5.74) is 0. The van der Waals surface area contributed by atoms with E-state index in [0.717, 1.165) is 25.8 Å². The van der Waals surface area contributed by atoms with Crippen molar-refractivity contribution in [2.75, 3.05) is 6.54 Å². The van der Waals surface area contributed by atoms with Gasteiger partial charge in [-0.3, -0.25) is 4.79 Å². The molecule has 1 aliphatic heterocycles. The van der Waals surface area contributed by atoms with E-state index in [1.54, 1.807) is 0 Å². The van der Waals surface area contributed by atoms with Gasteiger partial charge in [-0.2, -0.15) is 0 Å². The third-order valence-electron chi connectivity index (χ3n) is 3.40. The van der Waals surface area contributed by atoms with Crippen LogP contribution in [0.25, 0.3) is 0 Å². The molecule has 0 radical (unpaired) electrons. The van der Waals surface area contributed by atoms with Crippen LogP contribution in [0.4, 0.5) is 0 Å². The second-order valence-electron chi connectivity index (χ2n) is 4.11. The zero-order valence-corrected chi connectivity index (χ0v) is 10.9. The standard InChI is InChI=1S/C11H20BrNO/c1-4-9(5-2)8(3)13-7-6-10(12)11(13)14/h8-10H,4-7H2,1-3H3. The lowest BCUT2D eigenvalue weighted by Crippen LogP contribution is -2.40. The quantitative estimate of drug-likeness (QED) is 0.713. The van der Waals surface area contributed by atoms with Crippen molar-refractivity contribution in [2.45, 2.75) is 50.9 Å². The van der Waals surface area contributed by atoms with Gasteiger partial charge in [-0.25, -0.2) is 0 Å². The molecule has 1 saturated heterocycles. The first-order valence-corrected chi connectivity index (χ1v) is 6.47.